The van der Waals surface area contributed by atoms with Crippen LogP contribution in [-0.2, 0) is 33.4 Å². The van der Waals surface area contributed by atoms with Gasteiger partial charge in [-0.05, 0) is 11.6 Å². The Bertz CT molecular complexity index is 920. The molecule has 0 amide bonds. The minimum Gasteiger partial charge on any atom is -0.481 e. The lowest BCUT2D eigenvalue weighted by Crippen LogP contribution is -2.09. The number of aliphatic carboxylic acids is 1. The first-order valence-electron chi connectivity index (χ1n) is 9.96. The molecule has 2 aromatic carbocycles. The van der Waals surface area contributed by atoms with Gasteiger partial charge in [0.05, 0.1) is 40.6 Å². The first-order valence-corrected chi connectivity index (χ1v) is 9.96. The summed E-state index contributed by atoms with van der Waals surface area (Å²) in [5.41, 5.74) is 1.62. The molecule has 0 heterocycles. The Morgan fingerprint density at radius 2 is 1.17 bits per heavy atom. The molecule has 9 heteroatoms. The molecule has 0 aliphatic heterocycles. The second kappa shape index (κ2) is 20.3. The zero-order valence-corrected chi connectivity index (χ0v) is 19.3. The Kier molecular flexibility index (Phi) is 19.1. The van der Waals surface area contributed by atoms with Gasteiger partial charge in [-0.25, -0.2) is 4.79 Å². The fourth-order valence-corrected chi connectivity index (χ4v) is 2.17. The lowest BCUT2D eigenvalue weighted by molar-refractivity contribution is -0.147. The number of methoxy groups -OCH3 is 3. The van der Waals surface area contributed by atoms with E-state index in [2.05, 4.69) is 14.2 Å². The average Bonchev–Trinajstić information content (AvgIpc) is 2.87. The third kappa shape index (κ3) is 16.9. The summed E-state index contributed by atoms with van der Waals surface area (Å²) in [6, 6.07) is 18.1. The van der Waals surface area contributed by atoms with Crippen LogP contribution >= 0.6 is 0 Å². The van der Waals surface area contributed by atoms with Gasteiger partial charge in [-0.15, -0.1) is 0 Å². The highest BCUT2D eigenvalue weighted by Crippen LogP contribution is 2.11. The van der Waals surface area contributed by atoms with Gasteiger partial charge in [0, 0.05) is 11.1 Å². The van der Waals surface area contributed by atoms with Crippen LogP contribution in [0.15, 0.2) is 66.2 Å². The molecule has 0 fully saturated rings. The van der Waals surface area contributed by atoms with E-state index in [0.717, 1.165) is 17.4 Å². The molecular weight excluding hydrogens is 456 g/mol. The normalized spacial score (nSPS) is 9.40. The molecule has 35 heavy (non-hydrogen) atoms. The maximum atomic E-state index is 11.3. The summed E-state index contributed by atoms with van der Waals surface area (Å²) in [4.78, 5) is 52.7. The minimum absolute atomic E-state index is 0. The van der Waals surface area contributed by atoms with E-state index in [-0.39, 0.29) is 32.3 Å². The Hall–Kier alpha value is -4.27. The van der Waals surface area contributed by atoms with Gasteiger partial charge in [0.15, 0.2) is 0 Å². The highest BCUT2D eigenvalue weighted by atomic mass is 16.5. The highest BCUT2D eigenvalue weighted by Gasteiger charge is 2.13. The SMILES string of the molecule is C.COC(=O)C(=Cc1ccccc1)CC(=O)O.COC(=O)CCC(=O)OC.O=Cc1ccccc1. The molecule has 1 N–H and O–H groups in total. The molecule has 0 unspecified atom stereocenters. The fourth-order valence-electron chi connectivity index (χ4n) is 2.17. The molecule has 2 aromatic rings. The van der Waals surface area contributed by atoms with Gasteiger partial charge in [-0.1, -0.05) is 68.1 Å². The van der Waals surface area contributed by atoms with Crippen molar-refractivity contribution in [1.29, 1.82) is 0 Å². The van der Waals surface area contributed by atoms with Crippen molar-refractivity contribution in [2.24, 2.45) is 0 Å². The summed E-state index contributed by atoms with van der Waals surface area (Å²) in [5, 5.41) is 8.66. The van der Waals surface area contributed by atoms with Crippen molar-refractivity contribution >= 4 is 36.2 Å². The molecule has 0 aromatic heterocycles. The quantitative estimate of drug-likeness (QED) is 0.254. The van der Waals surface area contributed by atoms with Crippen LogP contribution in [-0.4, -0.2) is 56.6 Å². The molecule has 0 saturated heterocycles. The number of esters is 3. The minimum atomic E-state index is -1.06. The second-order valence-corrected chi connectivity index (χ2v) is 6.32. The van der Waals surface area contributed by atoms with Gasteiger partial charge in [-0.3, -0.25) is 19.2 Å². The number of benzene rings is 2. The highest BCUT2D eigenvalue weighted by molar-refractivity contribution is 5.97. The number of hydrogen-bond donors (Lipinski definition) is 1. The van der Waals surface area contributed by atoms with Crippen molar-refractivity contribution in [3.63, 3.8) is 0 Å². The predicted octanol–water partition coefficient (Wildman–Crippen LogP) is 3.97. The molecule has 0 atom stereocenters. The Labute approximate surface area is 205 Å². The summed E-state index contributed by atoms with van der Waals surface area (Å²) in [6.07, 6.45) is 2.17. The largest absolute Gasteiger partial charge is 0.481 e. The van der Waals surface area contributed by atoms with Crippen LogP contribution in [0, 0.1) is 0 Å². The van der Waals surface area contributed by atoms with Crippen LogP contribution < -0.4 is 0 Å². The van der Waals surface area contributed by atoms with Crippen LogP contribution in [0.1, 0.15) is 42.6 Å². The van der Waals surface area contributed by atoms with Crippen molar-refractivity contribution < 1.29 is 43.3 Å². The van der Waals surface area contributed by atoms with Gasteiger partial charge in [0.1, 0.15) is 6.29 Å². The number of carbonyl (C=O) groups is 5. The zero-order valence-electron chi connectivity index (χ0n) is 19.3. The topological polar surface area (TPSA) is 133 Å². The van der Waals surface area contributed by atoms with Gasteiger partial charge in [0.25, 0.3) is 0 Å². The van der Waals surface area contributed by atoms with E-state index in [1.165, 1.54) is 27.4 Å². The van der Waals surface area contributed by atoms with E-state index in [9.17, 15) is 24.0 Å². The first kappa shape index (κ1) is 32.9. The van der Waals surface area contributed by atoms with Crippen molar-refractivity contribution in [1.82, 2.24) is 0 Å². The van der Waals surface area contributed by atoms with E-state index < -0.39 is 23.9 Å². The monoisotopic (exact) mass is 488 g/mol. The van der Waals surface area contributed by atoms with Crippen molar-refractivity contribution in [3.8, 4) is 0 Å². The maximum Gasteiger partial charge on any atom is 0.334 e. The number of aldehydes is 1. The van der Waals surface area contributed by atoms with E-state index in [1.54, 1.807) is 24.3 Å². The number of carbonyl (C=O) groups excluding carboxylic acids is 4. The summed E-state index contributed by atoms with van der Waals surface area (Å²) in [5.74, 6) is -2.48. The number of carboxylic acids is 1. The van der Waals surface area contributed by atoms with Crippen molar-refractivity contribution in [2.45, 2.75) is 26.7 Å². The van der Waals surface area contributed by atoms with Crippen molar-refractivity contribution in [2.75, 3.05) is 21.3 Å². The third-order valence-corrected chi connectivity index (χ3v) is 3.85. The van der Waals surface area contributed by atoms with Gasteiger partial charge < -0.3 is 19.3 Å². The average molecular weight is 489 g/mol. The van der Waals surface area contributed by atoms with Crippen LogP contribution in [0.25, 0.3) is 6.08 Å². The van der Waals surface area contributed by atoms with Crippen molar-refractivity contribution in [3.05, 3.63) is 77.4 Å². The number of ether oxygens (including phenoxy) is 3. The van der Waals surface area contributed by atoms with Crippen LogP contribution in [0.3, 0.4) is 0 Å². The Morgan fingerprint density at radius 1 is 0.743 bits per heavy atom. The lowest BCUT2D eigenvalue weighted by atomic mass is 10.1. The number of hydrogen-bond acceptors (Lipinski definition) is 8. The predicted molar refractivity (Wildman–Crippen MR) is 131 cm³/mol. The number of rotatable bonds is 8. The van der Waals surface area contributed by atoms with Gasteiger partial charge in [-0.2, -0.15) is 0 Å². The molecule has 0 aliphatic carbocycles. The van der Waals surface area contributed by atoms with E-state index >= 15 is 0 Å². The summed E-state index contributed by atoms with van der Waals surface area (Å²) in [7, 11) is 3.78. The molecule has 0 aliphatic rings. The van der Waals surface area contributed by atoms with Gasteiger partial charge >= 0.3 is 23.9 Å². The van der Waals surface area contributed by atoms with E-state index in [4.69, 9.17) is 5.11 Å². The van der Waals surface area contributed by atoms with Gasteiger partial charge in [0.2, 0.25) is 0 Å². The summed E-state index contributed by atoms with van der Waals surface area (Å²) >= 11 is 0. The van der Waals surface area contributed by atoms with Crippen LogP contribution in [0.4, 0.5) is 0 Å². The molecule has 0 bridgehead atoms. The summed E-state index contributed by atoms with van der Waals surface area (Å²) < 4.78 is 13.1. The molecule has 9 nitrogen and oxygen atoms in total. The van der Waals surface area contributed by atoms with E-state index in [0.29, 0.717) is 0 Å². The number of carboxylic acid groups (broad SMARTS) is 1. The Balaban J connectivity index is 0. The van der Waals surface area contributed by atoms with Crippen LogP contribution in [0.5, 0.6) is 0 Å². The molecule has 0 spiro atoms. The molecular formula is C26H32O9. The van der Waals surface area contributed by atoms with Crippen LogP contribution in [0.2, 0.25) is 0 Å². The maximum absolute atomic E-state index is 11.3. The Morgan fingerprint density at radius 3 is 1.49 bits per heavy atom. The van der Waals surface area contributed by atoms with E-state index in [1.807, 2.05) is 36.4 Å². The zero-order chi connectivity index (χ0) is 25.8. The second-order valence-electron chi connectivity index (χ2n) is 6.32. The lowest BCUT2D eigenvalue weighted by Gasteiger charge is -2.02. The molecule has 2 rings (SSSR count). The summed E-state index contributed by atoms with van der Waals surface area (Å²) in [6.45, 7) is 0. The smallest absolute Gasteiger partial charge is 0.334 e. The first-order chi connectivity index (χ1) is 16.3. The third-order valence-electron chi connectivity index (χ3n) is 3.85. The molecule has 0 saturated carbocycles. The fraction of sp³-hybridized carbons (Fsp3) is 0.269. The standard InChI is InChI=1S/C12H12O4.C7H6O.C6H10O4.CH4/c1-16-12(15)10(8-11(13)14)7-9-5-3-2-4-6-9;8-6-7-4-2-1-3-5-7;1-9-5(7)3-4-6(8)10-2;/h2-7H,8H2,1H3,(H,13,14);1-6H;3-4H2,1-2H3;1H4. The molecule has 0 radical (unpaired) electrons. The molecule has 190 valence electrons.